The highest BCUT2D eigenvalue weighted by Gasteiger charge is 2.59. The highest BCUT2D eigenvalue weighted by atomic mass is 19.1. The molecule has 1 aromatic rings. The lowest BCUT2D eigenvalue weighted by Crippen LogP contribution is -2.50. The number of fused-ring (bicyclic) bond motifs is 5. The minimum atomic E-state index is -0.253. The van der Waals surface area contributed by atoms with Crippen LogP contribution in [0.15, 0.2) is 42.0 Å². The van der Waals surface area contributed by atoms with Crippen LogP contribution < -0.4 is 0 Å². The van der Waals surface area contributed by atoms with Gasteiger partial charge in [-0.05, 0) is 104 Å². The first-order valence-corrected chi connectivity index (χ1v) is 12.2. The minimum absolute atomic E-state index is 0.0846. The summed E-state index contributed by atoms with van der Waals surface area (Å²) in [6.07, 6.45) is 14.4. The van der Waals surface area contributed by atoms with Gasteiger partial charge in [0, 0.05) is 5.92 Å². The van der Waals surface area contributed by atoms with Crippen molar-refractivity contribution < 1.29 is 14.3 Å². The largest absolute Gasteiger partial charge is 0.393 e. The van der Waals surface area contributed by atoms with E-state index in [1.165, 1.54) is 24.1 Å². The number of aliphatic hydroxyl groups excluding tert-OH is 1. The van der Waals surface area contributed by atoms with Crippen molar-refractivity contribution in [1.82, 2.24) is 0 Å². The fourth-order valence-electron chi connectivity index (χ4n) is 7.98. The van der Waals surface area contributed by atoms with Gasteiger partial charge in [0.05, 0.1) is 6.10 Å². The van der Waals surface area contributed by atoms with Crippen molar-refractivity contribution in [3.63, 3.8) is 0 Å². The maximum absolute atomic E-state index is 13.2. The second-order valence-electron chi connectivity index (χ2n) is 11.1. The van der Waals surface area contributed by atoms with Crippen LogP contribution in [0.2, 0.25) is 0 Å². The molecule has 0 spiro atoms. The van der Waals surface area contributed by atoms with Gasteiger partial charge < -0.3 is 5.11 Å². The standard InChI is InChI=1S/C28H35FO2/c1-27-15-13-21(30)17-19(27)6-9-22-23-10-11-25(28(23,2)16-14-24(22)27)26(31)12-5-18-3-7-20(29)8-4-18/h3-8,12,21-25,30H,9-11,13-17H2,1-2H3/b12-5+/t21-,22-,23-,24-,25+,27-,28-/m0/s1. The van der Waals surface area contributed by atoms with E-state index in [0.29, 0.717) is 17.8 Å². The third-order valence-corrected chi connectivity index (χ3v) is 9.73. The molecule has 3 saturated carbocycles. The average molecular weight is 423 g/mol. The molecule has 0 saturated heterocycles. The van der Waals surface area contributed by atoms with Gasteiger partial charge in [-0.3, -0.25) is 4.79 Å². The van der Waals surface area contributed by atoms with E-state index in [1.807, 2.05) is 6.08 Å². The van der Waals surface area contributed by atoms with E-state index in [9.17, 15) is 14.3 Å². The lowest BCUT2D eigenvalue weighted by Gasteiger charge is -2.57. The minimum Gasteiger partial charge on any atom is -0.393 e. The zero-order chi connectivity index (χ0) is 21.8. The Morgan fingerprint density at radius 2 is 1.84 bits per heavy atom. The fraction of sp³-hybridized carbons (Fsp3) is 0.607. The smallest absolute Gasteiger partial charge is 0.159 e. The summed E-state index contributed by atoms with van der Waals surface area (Å²) in [7, 11) is 0. The maximum atomic E-state index is 13.2. The highest BCUT2D eigenvalue weighted by molar-refractivity contribution is 5.96. The number of benzene rings is 1. The number of aliphatic hydroxyl groups is 1. The lowest BCUT2D eigenvalue weighted by atomic mass is 9.47. The second kappa shape index (κ2) is 7.69. The van der Waals surface area contributed by atoms with Crippen molar-refractivity contribution in [2.24, 2.45) is 34.5 Å². The van der Waals surface area contributed by atoms with Crippen LogP contribution in [-0.4, -0.2) is 17.0 Å². The summed E-state index contributed by atoms with van der Waals surface area (Å²) in [6, 6.07) is 6.32. The third-order valence-electron chi connectivity index (χ3n) is 9.73. The number of hydrogen-bond acceptors (Lipinski definition) is 2. The fourth-order valence-corrected chi connectivity index (χ4v) is 7.98. The molecule has 166 valence electrons. The Labute approximate surface area is 185 Å². The number of ketones is 1. The van der Waals surface area contributed by atoms with Crippen molar-refractivity contribution in [2.75, 3.05) is 0 Å². The molecule has 0 aliphatic heterocycles. The molecule has 5 rings (SSSR count). The van der Waals surface area contributed by atoms with Crippen molar-refractivity contribution in [2.45, 2.75) is 71.3 Å². The molecule has 2 nitrogen and oxygen atoms in total. The number of carbonyl (C=O) groups excluding carboxylic acids is 1. The molecule has 0 bridgehead atoms. The van der Waals surface area contributed by atoms with E-state index in [4.69, 9.17) is 0 Å². The van der Waals surface area contributed by atoms with E-state index in [-0.39, 0.29) is 34.5 Å². The van der Waals surface area contributed by atoms with Gasteiger partial charge in [0.1, 0.15) is 5.82 Å². The van der Waals surface area contributed by atoms with Crippen molar-refractivity contribution >= 4 is 11.9 Å². The first-order chi connectivity index (χ1) is 14.8. The predicted octanol–water partition coefficient (Wildman–Crippen LogP) is 6.35. The molecule has 1 N–H and O–H groups in total. The highest BCUT2D eigenvalue weighted by Crippen LogP contribution is 2.66. The molecule has 0 heterocycles. The third kappa shape index (κ3) is 3.44. The molecule has 1 aromatic carbocycles. The molecule has 0 amide bonds. The maximum Gasteiger partial charge on any atom is 0.159 e. The Balaban J connectivity index is 1.35. The van der Waals surface area contributed by atoms with Crippen LogP contribution in [0.3, 0.4) is 0 Å². The first kappa shape index (κ1) is 21.1. The van der Waals surface area contributed by atoms with Crippen LogP contribution in [0.25, 0.3) is 6.08 Å². The van der Waals surface area contributed by atoms with E-state index in [1.54, 1.807) is 18.2 Å². The number of halogens is 1. The van der Waals surface area contributed by atoms with Crippen molar-refractivity contribution in [3.05, 3.63) is 53.4 Å². The summed E-state index contributed by atoms with van der Waals surface area (Å²) in [4.78, 5) is 13.2. The molecular formula is C28H35FO2. The number of allylic oxidation sites excluding steroid dienone is 2. The van der Waals surface area contributed by atoms with E-state index >= 15 is 0 Å². The van der Waals surface area contributed by atoms with Gasteiger partial charge in [-0.1, -0.05) is 43.7 Å². The van der Waals surface area contributed by atoms with Crippen LogP contribution in [0.5, 0.6) is 0 Å². The molecule has 4 aliphatic rings. The summed E-state index contributed by atoms with van der Waals surface area (Å²) in [6.45, 7) is 4.83. The van der Waals surface area contributed by atoms with Gasteiger partial charge in [-0.15, -0.1) is 0 Å². The normalized spacial score (nSPS) is 41.9. The monoisotopic (exact) mass is 422 g/mol. The topological polar surface area (TPSA) is 37.3 Å². The molecule has 7 atom stereocenters. The van der Waals surface area contributed by atoms with Gasteiger partial charge in [-0.25, -0.2) is 4.39 Å². The summed E-state index contributed by atoms with van der Waals surface area (Å²) in [5, 5.41) is 10.2. The Bertz CT molecular complexity index is 915. The molecule has 3 fully saturated rings. The lowest BCUT2D eigenvalue weighted by molar-refractivity contribution is -0.124. The van der Waals surface area contributed by atoms with Gasteiger partial charge in [0.2, 0.25) is 0 Å². The number of hydrogen-bond donors (Lipinski definition) is 1. The summed E-state index contributed by atoms with van der Waals surface area (Å²) >= 11 is 0. The molecule has 0 aromatic heterocycles. The molecule has 3 heteroatoms. The molecule has 0 unspecified atom stereocenters. The van der Waals surface area contributed by atoms with Crippen LogP contribution in [0.1, 0.15) is 70.8 Å². The van der Waals surface area contributed by atoms with Gasteiger partial charge in [0.15, 0.2) is 5.78 Å². The zero-order valence-corrected chi connectivity index (χ0v) is 18.8. The molecule has 31 heavy (non-hydrogen) atoms. The van der Waals surface area contributed by atoms with Crippen LogP contribution in [0.4, 0.5) is 4.39 Å². The van der Waals surface area contributed by atoms with Gasteiger partial charge in [-0.2, -0.15) is 0 Å². The van der Waals surface area contributed by atoms with Crippen molar-refractivity contribution in [3.8, 4) is 0 Å². The van der Waals surface area contributed by atoms with Crippen LogP contribution in [0, 0.1) is 40.3 Å². The van der Waals surface area contributed by atoms with Crippen LogP contribution in [-0.2, 0) is 4.79 Å². The average Bonchev–Trinajstić information content (AvgIpc) is 3.11. The predicted molar refractivity (Wildman–Crippen MR) is 122 cm³/mol. The SMILES string of the molecule is C[C@]12CC[C@H]3[C@@H](CC=C4C[C@@H](O)CC[C@@]43C)[C@@H]1CC[C@@H]2C(=O)/C=C/c1ccc(F)cc1. The molecule has 4 aliphatic carbocycles. The number of rotatable bonds is 3. The Morgan fingerprint density at radius 1 is 1.06 bits per heavy atom. The summed E-state index contributed by atoms with van der Waals surface area (Å²) in [5.74, 6) is 2.06. The summed E-state index contributed by atoms with van der Waals surface area (Å²) in [5.41, 5.74) is 2.70. The van der Waals surface area contributed by atoms with Crippen LogP contribution >= 0.6 is 0 Å². The van der Waals surface area contributed by atoms with E-state index < -0.39 is 0 Å². The quantitative estimate of drug-likeness (QED) is 0.455. The first-order valence-electron chi connectivity index (χ1n) is 12.2. The Morgan fingerprint density at radius 3 is 2.61 bits per heavy atom. The van der Waals surface area contributed by atoms with E-state index in [0.717, 1.165) is 50.5 Å². The summed E-state index contributed by atoms with van der Waals surface area (Å²) < 4.78 is 13.1. The second-order valence-corrected chi connectivity index (χ2v) is 11.1. The zero-order valence-electron chi connectivity index (χ0n) is 18.8. The van der Waals surface area contributed by atoms with Gasteiger partial charge >= 0.3 is 0 Å². The van der Waals surface area contributed by atoms with E-state index in [2.05, 4.69) is 19.9 Å². The number of carbonyl (C=O) groups is 1. The van der Waals surface area contributed by atoms with Crippen molar-refractivity contribution in [1.29, 1.82) is 0 Å². The Kier molecular flexibility index (Phi) is 5.24. The van der Waals surface area contributed by atoms with Gasteiger partial charge in [0.25, 0.3) is 0 Å². The molecule has 0 radical (unpaired) electrons. The molecular weight excluding hydrogens is 387 g/mol. The Hall–Kier alpha value is -1.74.